The average Bonchev–Trinajstić information content (AvgIpc) is 3.37. The molecule has 0 saturated carbocycles. The molecule has 1 aliphatic heterocycles. The van der Waals surface area contributed by atoms with Crippen molar-refractivity contribution in [1.29, 1.82) is 0 Å². The van der Waals surface area contributed by atoms with Gasteiger partial charge < -0.3 is 9.88 Å². The van der Waals surface area contributed by atoms with Crippen LogP contribution in [0.2, 0.25) is 0 Å². The summed E-state index contributed by atoms with van der Waals surface area (Å²) >= 11 is 0. The number of carbonyl (C=O) groups excluding carboxylic acids is 1. The molecule has 1 saturated heterocycles. The van der Waals surface area contributed by atoms with E-state index >= 15 is 0 Å². The van der Waals surface area contributed by atoms with Gasteiger partial charge in [0, 0.05) is 42.7 Å². The van der Waals surface area contributed by atoms with Gasteiger partial charge in [-0.05, 0) is 62.0 Å². The van der Waals surface area contributed by atoms with E-state index in [1.54, 1.807) is 0 Å². The number of para-hydroxylation sites is 1. The van der Waals surface area contributed by atoms with Gasteiger partial charge in [0.25, 0.3) is 0 Å². The Hall–Kier alpha value is -2.59. The van der Waals surface area contributed by atoms with Gasteiger partial charge in [0.1, 0.15) is 0 Å². The Labute approximate surface area is 179 Å². The van der Waals surface area contributed by atoms with Gasteiger partial charge in [-0.15, -0.1) is 0 Å². The van der Waals surface area contributed by atoms with Crippen molar-refractivity contribution in [3.05, 3.63) is 71.4 Å². The fraction of sp³-hybridized carbons (Fsp3) is 0.423. The number of nitrogens with one attached hydrogen (secondary N) is 1. The molecule has 0 bridgehead atoms. The second kappa shape index (κ2) is 9.48. The van der Waals surface area contributed by atoms with Crippen molar-refractivity contribution in [3.63, 3.8) is 0 Å². The Kier molecular flexibility index (Phi) is 6.53. The lowest BCUT2D eigenvalue weighted by molar-refractivity contribution is -0.121. The third-order valence-electron chi connectivity index (χ3n) is 6.53. The van der Waals surface area contributed by atoms with Crippen molar-refractivity contribution < 1.29 is 4.79 Å². The van der Waals surface area contributed by atoms with Crippen molar-refractivity contribution in [2.24, 2.45) is 0 Å². The monoisotopic (exact) mass is 403 g/mol. The van der Waals surface area contributed by atoms with Crippen LogP contribution in [0, 0.1) is 6.92 Å². The number of benzene rings is 2. The first-order chi connectivity index (χ1) is 14.7. The third kappa shape index (κ3) is 4.59. The highest BCUT2D eigenvalue weighted by Crippen LogP contribution is 2.24. The maximum Gasteiger partial charge on any atom is 0.220 e. The second-order valence-electron chi connectivity index (χ2n) is 8.45. The van der Waals surface area contributed by atoms with Crippen LogP contribution in [0.1, 0.15) is 42.9 Å². The molecule has 4 heteroatoms. The molecule has 0 aliphatic carbocycles. The van der Waals surface area contributed by atoms with E-state index in [-0.39, 0.29) is 5.91 Å². The number of hydrogen-bond donors (Lipinski definition) is 1. The number of nitrogens with zero attached hydrogens (tertiary/aromatic N) is 2. The van der Waals surface area contributed by atoms with Crippen LogP contribution in [0.4, 0.5) is 0 Å². The van der Waals surface area contributed by atoms with Gasteiger partial charge in [0.2, 0.25) is 5.91 Å². The van der Waals surface area contributed by atoms with Crippen LogP contribution in [0.15, 0.2) is 54.7 Å². The summed E-state index contributed by atoms with van der Waals surface area (Å²) in [6.45, 7) is 8.23. The molecule has 3 aromatic rings. The Bertz CT molecular complexity index is 1010. The van der Waals surface area contributed by atoms with Crippen LogP contribution < -0.4 is 5.32 Å². The number of rotatable bonds is 8. The van der Waals surface area contributed by atoms with Gasteiger partial charge in [0.15, 0.2) is 0 Å². The number of carbonyl (C=O) groups is 1. The quantitative estimate of drug-likeness (QED) is 0.600. The largest absolute Gasteiger partial charge is 0.355 e. The molecule has 1 aliphatic rings. The molecule has 2 aromatic carbocycles. The van der Waals surface area contributed by atoms with E-state index in [9.17, 15) is 4.79 Å². The minimum Gasteiger partial charge on any atom is -0.355 e. The highest BCUT2D eigenvalue weighted by Gasteiger charge is 2.23. The van der Waals surface area contributed by atoms with Crippen molar-refractivity contribution in [1.82, 2.24) is 14.8 Å². The molecular weight excluding hydrogens is 370 g/mol. The average molecular weight is 404 g/mol. The lowest BCUT2D eigenvalue weighted by atomic mass is 10.1. The number of aryl methyl sites for hydroxylation is 2. The number of likely N-dealkylation sites (tertiary alicyclic amines) is 1. The third-order valence-corrected chi connectivity index (χ3v) is 6.53. The number of hydrogen-bond acceptors (Lipinski definition) is 2. The number of amides is 1. The second-order valence-corrected chi connectivity index (χ2v) is 8.45. The first-order valence-electron chi connectivity index (χ1n) is 11.3. The molecule has 158 valence electrons. The van der Waals surface area contributed by atoms with E-state index in [1.165, 1.54) is 40.4 Å². The molecule has 2 heterocycles. The van der Waals surface area contributed by atoms with Crippen molar-refractivity contribution in [3.8, 4) is 0 Å². The highest BCUT2D eigenvalue weighted by atomic mass is 16.1. The van der Waals surface area contributed by atoms with E-state index in [1.807, 2.05) is 0 Å². The smallest absolute Gasteiger partial charge is 0.220 e. The van der Waals surface area contributed by atoms with Gasteiger partial charge in [0.05, 0.1) is 0 Å². The van der Waals surface area contributed by atoms with E-state index < -0.39 is 0 Å². The van der Waals surface area contributed by atoms with Crippen LogP contribution in [-0.2, 0) is 17.8 Å². The number of aromatic nitrogens is 1. The Balaban J connectivity index is 1.42. The van der Waals surface area contributed by atoms with Crippen LogP contribution >= 0.6 is 0 Å². The maximum atomic E-state index is 12.5. The fourth-order valence-corrected chi connectivity index (χ4v) is 4.73. The number of likely N-dealkylation sites (N-methyl/N-ethyl adjacent to an activating group) is 1. The van der Waals surface area contributed by atoms with Gasteiger partial charge in [-0.3, -0.25) is 9.69 Å². The first-order valence-corrected chi connectivity index (χ1v) is 11.3. The van der Waals surface area contributed by atoms with Crippen LogP contribution in [0.5, 0.6) is 0 Å². The molecule has 0 unspecified atom stereocenters. The van der Waals surface area contributed by atoms with E-state index in [2.05, 4.69) is 83.4 Å². The molecule has 4 rings (SSSR count). The van der Waals surface area contributed by atoms with Gasteiger partial charge in [-0.1, -0.05) is 49.4 Å². The predicted molar refractivity (Wildman–Crippen MR) is 124 cm³/mol. The van der Waals surface area contributed by atoms with E-state index in [4.69, 9.17) is 0 Å². The maximum absolute atomic E-state index is 12.5. The molecule has 1 fully saturated rings. The Morgan fingerprint density at radius 3 is 2.73 bits per heavy atom. The lowest BCUT2D eigenvalue weighted by Gasteiger charge is -2.22. The first kappa shape index (κ1) is 20.7. The van der Waals surface area contributed by atoms with Crippen molar-refractivity contribution >= 4 is 16.8 Å². The van der Waals surface area contributed by atoms with Gasteiger partial charge >= 0.3 is 0 Å². The summed E-state index contributed by atoms with van der Waals surface area (Å²) in [7, 11) is 0. The van der Waals surface area contributed by atoms with Gasteiger partial charge in [-0.2, -0.15) is 0 Å². The van der Waals surface area contributed by atoms with Crippen LogP contribution in [0.3, 0.4) is 0 Å². The van der Waals surface area contributed by atoms with E-state index in [0.717, 1.165) is 32.6 Å². The molecule has 0 spiro atoms. The molecule has 30 heavy (non-hydrogen) atoms. The highest BCUT2D eigenvalue weighted by molar-refractivity contribution is 5.85. The molecule has 0 radical (unpaired) electrons. The van der Waals surface area contributed by atoms with E-state index in [0.29, 0.717) is 12.5 Å². The standard InChI is InChI=1S/C26H33N3O/c1-3-28-16-8-11-23(28)17-27-26(30)15-14-22-19-29(25-13-7-6-12-24(22)25)18-21-10-5-4-9-20(21)2/h4-7,9-10,12-13,19,23H,3,8,11,14-18H2,1-2H3,(H,27,30)/t23-/m0/s1. The van der Waals surface area contributed by atoms with Crippen LogP contribution in [-0.4, -0.2) is 41.1 Å². The molecule has 1 N–H and O–H groups in total. The van der Waals surface area contributed by atoms with Crippen LogP contribution in [0.25, 0.3) is 10.9 Å². The SMILES string of the molecule is CCN1CCC[C@H]1CNC(=O)CCc1cn(Cc2ccccc2C)c2ccccc12. The minimum atomic E-state index is 0.161. The summed E-state index contributed by atoms with van der Waals surface area (Å²) in [4.78, 5) is 15.0. The van der Waals surface area contributed by atoms with Crippen molar-refractivity contribution in [2.75, 3.05) is 19.6 Å². The number of fused-ring (bicyclic) bond motifs is 1. The molecule has 1 amide bonds. The normalized spacial score (nSPS) is 16.9. The Morgan fingerprint density at radius 1 is 1.10 bits per heavy atom. The lowest BCUT2D eigenvalue weighted by Crippen LogP contribution is -2.40. The zero-order valence-corrected chi connectivity index (χ0v) is 18.2. The minimum absolute atomic E-state index is 0.161. The zero-order valence-electron chi connectivity index (χ0n) is 18.2. The summed E-state index contributed by atoms with van der Waals surface area (Å²) in [6.07, 6.45) is 5.99. The molecular formula is C26H33N3O. The summed E-state index contributed by atoms with van der Waals surface area (Å²) in [6, 6.07) is 17.6. The summed E-state index contributed by atoms with van der Waals surface area (Å²) in [5, 5.41) is 4.43. The summed E-state index contributed by atoms with van der Waals surface area (Å²) in [5.41, 5.74) is 5.13. The summed E-state index contributed by atoms with van der Waals surface area (Å²) in [5.74, 6) is 0.161. The van der Waals surface area contributed by atoms with Crippen molar-refractivity contribution in [2.45, 2.75) is 52.1 Å². The topological polar surface area (TPSA) is 37.3 Å². The molecule has 1 aromatic heterocycles. The predicted octanol–water partition coefficient (Wildman–Crippen LogP) is 4.53. The van der Waals surface area contributed by atoms with Gasteiger partial charge in [-0.25, -0.2) is 0 Å². The Morgan fingerprint density at radius 2 is 1.90 bits per heavy atom. The summed E-state index contributed by atoms with van der Waals surface area (Å²) < 4.78 is 2.32. The molecule has 4 nitrogen and oxygen atoms in total. The fourth-order valence-electron chi connectivity index (χ4n) is 4.73. The molecule has 1 atom stereocenters. The zero-order chi connectivity index (χ0) is 20.9.